The van der Waals surface area contributed by atoms with Crippen molar-refractivity contribution >= 4 is 5.78 Å². The minimum Gasteiger partial charge on any atom is -0.300 e. The van der Waals surface area contributed by atoms with Gasteiger partial charge in [-0.1, -0.05) is 19.8 Å². The van der Waals surface area contributed by atoms with Gasteiger partial charge in [0, 0.05) is 24.9 Å². The van der Waals surface area contributed by atoms with Crippen molar-refractivity contribution in [1.29, 1.82) is 0 Å². The summed E-state index contributed by atoms with van der Waals surface area (Å²) in [5.74, 6) is 1.74. The number of hydrogen-bond acceptors (Lipinski definition) is 2. The second-order valence-electron chi connectivity index (χ2n) is 6.24. The molecule has 2 fully saturated rings. The standard InChI is InChI=1S/C15H27NO/c1-12-8-9-16(13(2)10-12)11-14-6-4-3-5-7-15(14)17/h12-14H,3-11H2,1-2H3. The molecule has 0 aromatic rings. The number of likely N-dealkylation sites (tertiary alicyclic amines) is 1. The summed E-state index contributed by atoms with van der Waals surface area (Å²) in [6.45, 7) is 6.92. The first kappa shape index (κ1) is 13.1. The molecular weight excluding hydrogens is 210 g/mol. The van der Waals surface area contributed by atoms with Crippen LogP contribution in [0.5, 0.6) is 0 Å². The Kier molecular flexibility index (Phi) is 4.61. The van der Waals surface area contributed by atoms with Crippen molar-refractivity contribution in [1.82, 2.24) is 4.90 Å². The van der Waals surface area contributed by atoms with Crippen molar-refractivity contribution in [2.45, 2.75) is 64.8 Å². The zero-order chi connectivity index (χ0) is 12.3. The summed E-state index contributed by atoms with van der Waals surface area (Å²) < 4.78 is 0. The zero-order valence-corrected chi connectivity index (χ0v) is 11.5. The van der Waals surface area contributed by atoms with E-state index >= 15 is 0 Å². The molecule has 2 rings (SSSR count). The van der Waals surface area contributed by atoms with Crippen molar-refractivity contribution < 1.29 is 4.79 Å². The van der Waals surface area contributed by atoms with E-state index in [0.717, 1.165) is 31.7 Å². The predicted octanol–water partition coefficient (Wildman–Crippen LogP) is 3.26. The molecule has 2 nitrogen and oxygen atoms in total. The van der Waals surface area contributed by atoms with Crippen molar-refractivity contribution in [3.05, 3.63) is 0 Å². The van der Waals surface area contributed by atoms with E-state index in [1.54, 1.807) is 0 Å². The van der Waals surface area contributed by atoms with Gasteiger partial charge < -0.3 is 0 Å². The Hall–Kier alpha value is -0.370. The smallest absolute Gasteiger partial charge is 0.137 e. The molecule has 1 aliphatic heterocycles. The molecule has 98 valence electrons. The van der Waals surface area contributed by atoms with Crippen LogP contribution in [0.3, 0.4) is 0 Å². The summed E-state index contributed by atoms with van der Waals surface area (Å²) in [7, 11) is 0. The van der Waals surface area contributed by atoms with Gasteiger partial charge in [-0.15, -0.1) is 0 Å². The topological polar surface area (TPSA) is 20.3 Å². The molecule has 3 atom stereocenters. The number of carbonyl (C=O) groups is 1. The summed E-state index contributed by atoms with van der Waals surface area (Å²) in [6, 6.07) is 0.676. The number of hydrogen-bond donors (Lipinski definition) is 0. The monoisotopic (exact) mass is 237 g/mol. The molecule has 1 aliphatic carbocycles. The molecule has 0 bridgehead atoms. The van der Waals surface area contributed by atoms with Crippen molar-refractivity contribution in [3.63, 3.8) is 0 Å². The van der Waals surface area contributed by atoms with Crippen molar-refractivity contribution in [3.8, 4) is 0 Å². The first-order valence-electron chi connectivity index (χ1n) is 7.43. The van der Waals surface area contributed by atoms with Gasteiger partial charge in [0.05, 0.1) is 0 Å². The van der Waals surface area contributed by atoms with E-state index in [0.29, 0.717) is 17.7 Å². The van der Waals surface area contributed by atoms with Crippen LogP contribution in [0.1, 0.15) is 58.8 Å². The summed E-state index contributed by atoms with van der Waals surface area (Å²) >= 11 is 0. The number of nitrogens with zero attached hydrogens (tertiary/aromatic N) is 1. The number of rotatable bonds is 2. The molecule has 1 heterocycles. The van der Waals surface area contributed by atoms with Crippen LogP contribution in [0.25, 0.3) is 0 Å². The van der Waals surface area contributed by atoms with E-state index in [1.165, 1.54) is 32.2 Å². The van der Waals surface area contributed by atoms with Gasteiger partial charge in [0.15, 0.2) is 0 Å². The molecule has 17 heavy (non-hydrogen) atoms. The molecule has 1 saturated carbocycles. The van der Waals surface area contributed by atoms with Crippen LogP contribution in [0.4, 0.5) is 0 Å². The quantitative estimate of drug-likeness (QED) is 0.687. The molecule has 0 N–H and O–H groups in total. The lowest BCUT2D eigenvalue weighted by atomic mass is 9.91. The fourth-order valence-corrected chi connectivity index (χ4v) is 3.44. The maximum absolute atomic E-state index is 12.0. The lowest BCUT2D eigenvalue weighted by Gasteiger charge is -2.38. The van der Waals surface area contributed by atoms with E-state index < -0.39 is 0 Å². The second-order valence-corrected chi connectivity index (χ2v) is 6.24. The van der Waals surface area contributed by atoms with E-state index in [4.69, 9.17) is 0 Å². The highest BCUT2D eigenvalue weighted by Crippen LogP contribution is 2.26. The first-order valence-corrected chi connectivity index (χ1v) is 7.43. The Morgan fingerprint density at radius 2 is 2.00 bits per heavy atom. The van der Waals surface area contributed by atoms with Gasteiger partial charge in [-0.2, -0.15) is 0 Å². The van der Waals surface area contributed by atoms with Gasteiger partial charge in [0.1, 0.15) is 5.78 Å². The summed E-state index contributed by atoms with van der Waals surface area (Å²) in [5, 5.41) is 0. The lowest BCUT2D eigenvalue weighted by Crippen LogP contribution is -2.44. The van der Waals surface area contributed by atoms with Crippen molar-refractivity contribution in [2.75, 3.05) is 13.1 Å². The Bertz CT molecular complexity index is 264. The van der Waals surface area contributed by atoms with E-state index in [9.17, 15) is 4.79 Å². The number of Topliss-reactive ketones (excluding diaryl/α,β-unsaturated/α-hetero) is 1. The van der Waals surface area contributed by atoms with Crippen molar-refractivity contribution in [2.24, 2.45) is 11.8 Å². The minimum atomic E-state index is 0.341. The molecule has 0 amide bonds. The lowest BCUT2D eigenvalue weighted by molar-refractivity contribution is -0.123. The highest BCUT2D eigenvalue weighted by molar-refractivity contribution is 5.81. The molecule has 3 unspecified atom stereocenters. The fourth-order valence-electron chi connectivity index (χ4n) is 3.44. The molecule has 0 radical (unpaired) electrons. The average molecular weight is 237 g/mol. The van der Waals surface area contributed by atoms with Crippen LogP contribution in [-0.4, -0.2) is 29.8 Å². The zero-order valence-electron chi connectivity index (χ0n) is 11.5. The highest BCUT2D eigenvalue weighted by Gasteiger charge is 2.28. The SMILES string of the molecule is CC1CCN(CC2CCCCCC2=O)C(C)C1. The van der Waals surface area contributed by atoms with Gasteiger partial charge in [0.2, 0.25) is 0 Å². The predicted molar refractivity (Wildman–Crippen MR) is 71.0 cm³/mol. The maximum atomic E-state index is 12.0. The van der Waals surface area contributed by atoms with Crippen LogP contribution in [0.2, 0.25) is 0 Å². The molecule has 1 saturated heterocycles. The average Bonchev–Trinajstić information content (AvgIpc) is 2.48. The molecule has 0 spiro atoms. The van der Waals surface area contributed by atoms with Gasteiger partial charge in [-0.3, -0.25) is 9.69 Å². The number of ketones is 1. The van der Waals surface area contributed by atoms with Gasteiger partial charge in [-0.25, -0.2) is 0 Å². The minimum absolute atomic E-state index is 0.341. The van der Waals surface area contributed by atoms with Gasteiger partial charge >= 0.3 is 0 Å². The third-order valence-corrected chi connectivity index (χ3v) is 4.66. The van der Waals surface area contributed by atoms with Crippen LogP contribution in [-0.2, 0) is 4.79 Å². The second kappa shape index (κ2) is 5.99. The normalized spacial score (nSPS) is 36.8. The summed E-state index contributed by atoms with van der Waals surface area (Å²) in [4.78, 5) is 14.6. The largest absolute Gasteiger partial charge is 0.300 e. The van der Waals surface area contributed by atoms with E-state index in [-0.39, 0.29) is 0 Å². The number of carbonyl (C=O) groups excluding carboxylic acids is 1. The van der Waals surface area contributed by atoms with E-state index in [2.05, 4.69) is 18.7 Å². The fraction of sp³-hybridized carbons (Fsp3) is 0.933. The summed E-state index contributed by atoms with van der Waals surface area (Å²) in [5.41, 5.74) is 0. The first-order chi connectivity index (χ1) is 8.16. The Labute approximate surface area is 106 Å². The molecular formula is C15H27NO. The van der Waals surface area contributed by atoms with E-state index in [1.807, 2.05) is 0 Å². The Morgan fingerprint density at radius 1 is 1.18 bits per heavy atom. The third kappa shape index (κ3) is 3.54. The van der Waals surface area contributed by atoms with Crippen LogP contribution in [0, 0.1) is 11.8 Å². The highest BCUT2D eigenvalue weighted by atomic mass is 16.1. The Balaban J connectivity index is 1.88. The molecule has 2 aliphatic rings. The van der Waals surface area contributed by atoms with Crippen LogP contribution >= 0.6 is 0 Å². The van der Waals surface area contributed by atoms with Gasteiger partial charge in [-0.05, 0) is 45.1 Å². The van der Waals surface area contributed by atoms with Crippen LogP contribution in [0.15, 0.2) is 0 Å². The molecule has 0 aromatic carbocycles. The number of piperidine rings is 1. The molecule has 0 aromatic heterocycles. The summed E-state index contributed by atoms with van der Waals surface area (Å²) in [6.07, 6.45) is 8.23. The van der Waals surface area contributed by atoms with Crippen LogP contribution < -0.4 is 0 Å². The van der Waals surface area contributed by atoms with Gasteiger partial charge in [0.25, 0.3) is 0 Å². The molecule has 2 heteroatoms. The maximum Gasteiger partial charge on any atom is 0.137 e. The Morgan fingerprint density at radius 3 is 2.76 bits per heavy atom. The third-order valence-electron chi connectivity index (χ3n) is 4.66.